The molecule has 0 amide bonds. The van der Waals surface area contributed by atoms with Crippen LogP contribution in [0.25, 0.3) is 0 Å². The van der Waals surface area contributed by atoms with Gasteiger partial charge in [-0.15, -0.1) is 0 Å². The quantitative estimate of drug-likeness (QED) is 0.547. The van der Waals surface area contributed by atoms with Gasteiger partial charge in [-0.1, -0.05) is 47.0 Å². The molecular formula is C15H30O2. The van der Waals surface area contributed by atoms with Crippen molar-refractivity contribution in [1.29, 1.82) is 0 Å². The first-order chi connectivity index (χ1) is 8.06. The normalized spacial score (nSPS) is 13.5. The lowest BCUT2D eigenvalue weighted by Crippen LogP contribution is -2.35. The zero-order chi connectivity index (χ0) is 13.3. The maximum Gasteiger partial charge on any atom is 0.312 e. The van der Waals surface area contributed by atoms with Crippen molar-refractivity contribution in [3.8, 4) is 0 Å². The molecule has 1 unspecified atom stereocenters. The summed E-state index contributed by atoms with van der Waals surface area (Å²) in [5.74, 6) is 0.0393. The molecule has 0 rings (SSSR count). The van der Waals surface area contributed by atoms with Crippen molar-refractivity contribution in [1.82, 2.24) is 0 Å². The molecule has 0 spiro atoms. The fraction of sp³-hybridized carbons (Fsp3) is 0.933. The summed E-state index contributed by atoms with van der Waals surface area (Å²) in [6.07, 6.45) is 6.98. The number of ether oxygens (including phenoxy) is 1. The first-order valence-corrected chi connectivity index (χ1v) is 7.27. The van der Waals surface area contributed by atoms with Gasteiger partial charge in [-0.25, -0.2) is 0 Å². The zero-order valence-electron chi connectivity index (χ0n) is 12.3. The van der Waals surface area contributed by atoms with Gasteiger partial charge < -0.3 is 4.74 Å². The number of carbonyl (C=O) groups is 1. The van der Waals surface area contributed by atoms with Gasteiger partial charge in [0.05, 0.1) is 11.5 Å². The highest BCUT2D eigenvalue weighted by Gasteiger charge is 2.37. The Morgan fingerprint density at radius 1 is 1.00 bits per heavy atom. The van der Waals surface area contributed by atoms with E-state index in [2.05, 4.69) is 27.7 Å². The van der Waals surface area contributed by atoms with Crippen molar-refractivity contribution in [2.24, 2.45) is 5.41 Å². The number of esters is 1. The molecule has 0 aromatic rings. The molecule has 0 N–H and O–H groups in total. The summed E-state index contributed by atoms with van der Waals surface area (Å²) < 4.78 is 5.58. The molecule has 0 aliphatic carbocycles. The monoisotopic (exact) mass is 242 g/mol. The summed E-state index contributed by atoms with van der Waals surface area (Å²) in [5.41, 5.74) is -0.221. The van der Waals surface area contributed by atoms with E-state index in [1.54, 1.807) is 0 Å². The van der Waals surface area contributed by atoms with E-state index in [-0.39, 0.29) is 17.5 Å². The van der Waals surface area contributed by atoms with E-state index in [9.17, 15) is 4.79 Å². The Morgan fingerprint density at radius 3 is 1.71 bits per heavy atom. The van der Waals surface area contributed by atoms with Crippen LogP contribution in [0.2, 0.25) is 0 Å². The second-order valence-corrected chi connectivity index (χ2v) is 5.15. The van der Waals surface area contributed by atoms with Crippen LogP contribution >= 0.6 is 0 Å². The molecule has 0 aromatic heterocycles. The van der Waals surface area contributed by atoms with E-state index in [1.165, 1.54) is 0 Å². The van der Waals surface area contributed by atoms with Gasteiger partial charge in [0, 0.05) is 0 Å². The van der Waals surface area contributed by atoms with Gasteiger partial charge in [0.25, 0.3) is 0 Å². The number of rotatable bonds is 9. The topological polar surface area (TPSA) is 26.3 Å². The Labute approximate surface area is 107 Å². The van der Waals surface area contributed by atoms with Crippen LogP contribution in [0.3, 0.4) is 0 Å². The molecule has 2 heteroatoms. The van der Waals surface area contributed by atoms with Gasteiger partial charge in [0.15, 0.2) is 0 Å². The Bertz CT molecular complexity index is 194. The zero-order valence-corrected chi connectivity index (χ0v) is 12.3. The van der Waals surface area contributed by atoms with E-state index < -0.39 is 0 Å². The average Bonchev–Trinajstić information content (AvgIpc) is 2.29. The van der Waals surface area contributed by atoms with Crippen LogP contribution in [0, 0.1) is 5.41 Å². The van der Waals surface area contributed by atoms with Gasteiger partial charge in [0.1, 0.15) is 0 Å². The van der Waals surface area contributed by atoms with E-state index in [1.807, 2.05) is 6.92 Å². The minimum absolute atomic E-state index is 0.0393. The first kappa shape index (κ1) is 16.5. The SMILES string of the molecule is CCCC(CCC)(CCC)C(=O)OC(C)CC. The fourth-order valence-electron chi connectivity index (χ4n) is 2.51. The summed E-state index contributed by atoms with van der Waals surface area (Å²) in [6.45, 7) is 10.5. The third kappa shape index (κ3) is 5.10. The van der Waals surface area contributed by atoms with Crippen LogP contribution in [0.1, 0.15) is 79.6 Å². The molecule has 0 aliphatic rings. The second-order valence-electron chi connectivity index (χ2n) is 5.15. The van der Waals surface area contributed by atoms with E-state index in [0.29, 0.717) is 0 Å². The maximum absolute atomic E-state index is 12.4. The Balaban J connectivity index is 4.77. The van der Waals surface area contributed by atoms with E-state index >= 15 is 0 Å². The molecule has 0 radical (unpaired) electrons. The van der Waals surface area contributed by atoms with Crippen LogP contribution in [0.5, 0.6) is 0 Å². The minimum atomic E-state index is -0.221. The largest absolute Gasteiger partial charge is 0.462 e. The molecule has 0 bridgehead atoms. The van der Waals surface area contributed by atoms with Crippen molar-refractivity contribution in [2.75, 3.05) is 0 Å². The highest BCUT2D eigenvalue weighted by atomic mass is 16.5. The van der Waals surface area contributed by atoms with Gasteiger partial charge in [-0.3, -0.25) is 4.79 Å². The second kappa shape index (κ2) is 8.54. The predicted octanol–water partition coefficient (Wildman–Crippen LogP) is 4.71. The van der Waals surface area contributed by atoms with Crippen molar-refractivity contribution < 1.29 is 9.53 Å². The van der Waals surface area contributed by atoms with Crippen molar-refractivity contribution in [3.63, 3.8) is 0 Å². The maximum atomic E-state index is 12.4. The molecule has 0 aromatic carbocycles. The van der Waals surface area contributed by atoms with Crippen molar-refractivity contribution in [2.45, 2.75) is 85.7 Å². The summed E-state index contributed by atoms with van der Waals surface area (Å²) in [5, 5.41) is 0. The minimum Gasteiger partial charge on any atom is -0.462 e. The lowest BCUT2D eigenvalue weighted by molar-refractivity contribution is -0.162. The number of hydrogen-bond donors (Lipinski definition) is 0. The molecule has 2 nitrogen and oxygen atoms in total. The summed E-state index contributed by atoms with van der Waals surface area (Å²) in [6, 6.07) is 0. The number of hydrogen-bond acceptors (Lipinski definition) is 2. The highest BCUT2D eigenvalue weighted by Crippen LogP contribution is 2.36. The molecule has 17 heavy (non-hydrogen) atoms. The molecule has 0 aliphatic heterocycles. The van der Waals surface area contributed by atoms with Crippen LogP contribution in [-0.4, -0.2) is 12.1 Å². The van der Waals surface area contributed by atoms with Gasteiger partial charge in [0.2, 0.25) is 0 Å². The van der Waals surface area contributed by atoms with Crippen molar-refractivity contribution >= 4 is 5.97 Å². The third-order valence-corrected chi connectivity index (χ3v) is 3.50. The Kier molecular flexibility index (Phi) is 8.28. The third-order valence-electron chi connectivity index (χ3n) is 3.50. The fourth-order valence-corrected chi connectivity index (χ4v) is 2.51. The van der Waals surface area contributed by atoms with Gasteiger partial charge in [-0.05, 0) is 32.6 Å². The van der Waals surface area contributed by atoms with Crippen LogP contribution in [-0.2, 0) is 9.53 Å². The highest BCUT2D eigenvalue weighted by molar-refractivity contribution is 5.77. The molecule has 102 valence electrons. The summed E-state index contributed by atoms with van der Waals surface area (Å²) in [7, 11) is 0. The molecule has 0 saturated carbocycles. The first-order valence-electron chi connectivity index (χ1n) is 7.27. The molecule has 0 saturated heterocycles. The average molecular weight is 242 g/mol. The lowest BCUT2D eigenvalue weighted by atomic mass is 9.75. The van der Waals surface area contributed by atoms with E-state index in [4.69, 9.17) is 4.74 Å². The predicted molar refractivity (Wildman–Crippen MR) is 73.0 cm³/mol. The number of carbonyl (C=O) groups excluding carboxylic acids is 1. The van der Waals surface area contributed by atoms with Gasteiger partial charge in [-0.2, -0.15) is 0 Å². The molecule has 0 fully saturated rings. The van der Waals surface area contributed by atoms with Crippen molar-refractivity contribution in [3.05, 3.63) is 0 Å². The van der Waals surface area contributed by atoms with Crippen LogP contribution in [0.15, 0.2) is 0 Å². The molecular weight excluding hydrogens is 212 g/mol. The Hall–Kier alpha value is -0.530. The molecule has 0 heterocycles. The van der Waals surface area contributed by atoms with Gasteiger partial charge >= 0.3 is 5.97 Å². The lowest BCUT2D eigenvalue weighted by Gasteiger charge is -2.32. The van der Waals surface area contributed by atoms with Crippen LogP contribution < -0.4 is 0 Å². The summed E-state index contributed by atoms with van der Waals surface area (Å²) >= 11 is 0. The smallest absolute Gasteiger partial charge is 0.312 e. The molecule has 1 atom stereocenters. The Morgan fingerprint density at radius 2 is 1.41 bits per heavy atom. The van der Waals surface area contributed by atoms with Crippen LogP contribution in [0.4, 0.5) is 0 Å². The standard InChI is InChI=1S/C15H30O2/c1-6-10-15(11-7-2,12-8-3)14(16)17-13(5)9-4/h13H,6-12H2,1-5H3. The van der Waals surface area contributed by atoms with E-state index in [0.717, 1.165) is 44.9 Å². The summed E-state index contributed by atoms with van der Waals surface area (Å²) in [4.78, 5) is 12.4.